The second-order valence-corrected chi connectivity index (χ2v) is 12.4. The number of aromatic carboxylic acids is 1. The maximum absolute atomic E-state index is 12.1. The van der Waals surface area contributed by atoms with E-state index in [1.807, 2.05) is 0 Å². The van der Waals surface area contributed by atoms with E-state index in [1.165, 1.54) is 44.2 Å². The van der Waals surface area contributed by atoms with E-state index in [9.17, 15) is 18.3 Å². The van der Waals surface area contributed by atoms with E-state index in [2.05, 4.69) is 28.9 Å². The van der Waals surface area contributed by atoms with Gasteiger partial charge in [0.15, 0.2) is 5.76 Å². The molecule has 0 saturated carbocycles. The molecule has 0 aromatic carbocycles. The monoisotopic (exact) mass is 543 g/mol. The lowest BCUT2D eigenvalue weighted by atomic mass is 10.1. The lowest BCUT2D eigenvalue weighted by Crippen LogP contribution is -2.42. The summed E-state index contributed by atoms with van der Waals surface area (Å²) in [5, 5.41) is 12.8. The van der Waals surface area contributed by atoms with Crippen molar-refractivity contribution >= 4 is 38.7 Å². The van der Waals surface area contributed by atoms with Gasteiger partial charge < -0.3 is 24.8 Å². The first-order valence-corrected chi connectivity index (χ1v) is 14.1. The maximum Gasteiger partial charge on any atom is 0.354 e. The van der Waals surface area contributed by atoms with Crippen molar-refractivity contribution in [2.45, 2.75) is 57.4 Å². The molecule has 4 rings (SSSR count). The van der Waals surface area contributed by atoms with Crippen LogP contribution >= 0.6 is 22.9 Å². The highest BCUT2D eigenvalue weighted by Gasteiger charge is 2.25. The van der Waals surface area contributed by atoms with Gasteiger partial charge in [0.25, 0.3) is 0 Å². The Bertz CT molecular complexity index is 1240. The topological polar surface area (TPSA) is 145 Å². The third kappa shape index (κ3) is 6.91. The van der Waals surface area contributed by atoms with Gasteiger partial charge in [-0.2, -0.15) is 0 Å². The highest BCUT2D eigenvalue weighted by Crippen LogP contribution is 2.31. The molecule has 10 nitrogen and oxygen atoms in total. The average Bonchev–Trinajstić information content (AvgIpc) is 3.55. The van der Waals surface area contributed by atoms with Crippen LogP contribution in [0.1, 0.15) is 49.8 Å². The van der Waals surface area contributed by atoms with Crippen LogP contribution in [0.25, 0.3) is 10.6 Å². The highest BCUT2D eigenvalue weighted by atomic mass is 35.5. The summed E-state index contributed by atoms with van der Waals surface area (Å²) in [6.07, 6.45) is 3.38. The number of nitrogens with two attached hydrogens (primary N) is 1. The van der Waals surface area contributed by atoms with Crippen molar-refractivity contribution in [2.24, 2.45) is 5.73 Å². The molecule has 13 heteroatoms. The number of hydrogen-bond donors (Lipinski definition) is 2. The van der Waals surface area contributed by atoms with Crippen LogP contribution in [0, 0.1) is 0 Å². The molecule has 35 heavy (non-hydrogen) atoms. The summed E-state index contributed by atoms with van der Waals surface area (Å²) in [4.78, 5) is 18.4. The van der Waals surface area contributed by atoms with Gasteiger partial charge in [-0.05, 0) is 51.9 Å². The largest absolute Gasteiger partial charge is 0.477 e. The van der Waals surface area contributed by atoms with E-state index in [1.54, 1.807) is 18.2 Å². The Balaban J connectivity index is 0.000000287. The first kappa shape index (κ1) is 27.3. The number of hydrogen-bond acceptors (Lipinski definition) is 9. The first-order chi connectivity index (χ1) is 16.5. The van der Waals surface area contributed by atoms with Crippen LogP contribution < -0.4 is 5.73 Å². The number of aromatic nitrogens is 3. The molecule has 0 atom stereocenters. The van der Waals surface area contributed by atoms with Crippen molar-refractivity contribution < 1.29 is 22.8 Å². The predicted octanol–water partition coefficient (Wildman–Crippen LogP) is 3.61. The predicted molar refractivity (Wildman–Crippen MR) is 135 cm³/mol. The molecule has 192 valence electrons. The number of piperidine rings is 1. The van der Waals surface area contributed by atoms with Gasteiger partial charge in [-0.1, -0.05) is 23.7 Å². The number of nitrogens with zero attached hydrogens (tertiary/aromatic N) is 4. The number of rotatable bonds is 7. The Labute approximate surface area is 213 Å². The lowest BCUT2D eigenvalue weighted by Gasteiger charge is -2.32. The van der Waals surface area contributed by atoms with Crippen LogP contribution in [0.15, 0.2) is 34.1 Å². The van der Waals surface area contributed by atoms with Crippen LogP contribution in [-0.4, -0.2) is 70.0 Å². The number of halogens is 1. The number of thiophene rings is 1. The van der Waals surface area contributed by atoms with Crippen molar-refractivity contribution in [3.8, 4) is 10.6 Å². The second-order valence-electron chi connectivity index (χ2n) is 8.47. The molecule has 3 N–H and O–H groups in total. The van der Waals surface area contributed by atoms with Gasteiger partial charge >= 0.3 is 5.97 Å². The van der Waals surface area contributed by atoms with Crippen LogP contribution in [0.3, 0.4) is 0 Å². The fourth-order valence-corrected chi connectivity index (χ4v) is 5.57. The summed E-state index contributed by atoms with van der Waals surface area (Å²) in [7, 11) is -3.69. The fourth-order valence-electron chi connectivity index (χ4n) is 3.61. The van der Waals surface area contributed by atoms with E-state index in [-0.39, 0.29) is 23.1 Å². The average molecular weight is 544 g/mol. The van der Waals surface area contributed by atoms with Crippen molar-refractivity contribution in [2.75, 3.05) is 18.8 Å². The van der Waals surface area contributed by atoms with E-state index in [0.717, 1.165) is 15.6 Å². The van der Waals surface area contributed by atoms with Crippen molar-refractivity contribution in [1.82, 2.24) is 19.6 Å². The zero-order valence-electron chi connectivity index (χ0n) is 19.8. The van der Waals surface area contributed by atoms with Crippen molar-refractivity contribution in [3.05, 3.63) is 40.1 Å². The molecular formula is C22H30ClN5O5S2. The number of carbonyl (C=O) groups is 1. The summed E-state index contributed by atoms with van der Waals surface area (Å²) in [5.41, 5.74) is 5.90. The number of carboxylic acid groups (broad SMARTS) is 1. The summed E-state index contributed by atoms with van der Waals surface area (Å²) in [6, 6.07) is 6.26. The summed E-state index contributed by atoms with van der Waals surface area (Å²) in [6.45, 7) is 8.24. The molecular weight excluding hydrogens is 514 g/mol. The summed E-state index contributed by atoms with van der Waals surface area (Å²) < 4.78 is 31.2. The van der Waals surface area contributed by atoms with Gasteiger partial charge in [0, 0.05) is 18.2 Å². The van der Waals surface area contributed by atoms with Crippen molar-refractivity contribution in [1.29, 1.82) is 0 Å². The smallest absolute Gasteiger partial charge is 0.354 e. The van der Waals surface area contributed by atoms with Gasteiger partial charge in [-0.3, -0.25) is 0 Å². The molecule has 0 unspecified atom stereocenters. The summed E-state index contributed by atoms with van der Waals surface area (Å²) >= 11 is 7.19. The number of sulfone groups is 1. The van der Waals surface area contributed by atoms with Gasteiger partial charge in [-0.25, -0.2) is 18.2 Å². The molecule has 0 bridgehead atoms. The normalized spacial score (nSPS) is 15.3. The SMILES string of the molecule is CC(C)N1CCC(N)CC1.CCS(=O)(=O)c1ncc(C(=O)O)n1Cc1cc(-c2ccc(Cl)s2)on1. The van der Waals surface area contributed by atoms with E-state index < -0.39 is 15.8 Å². The fraction of sp³-hybridized carbons (Fsp3) is 0.500. The number of likely N-dealkylation sites (tertiary alicyclic amines) is 1. The van der Waals surface area contributed by atoms with Gasteiger partial charge in [0.1, 0.15) is 11.4 Å². The van der Waals surface area contributed by atoms with E-state index in [0.29, 0.717) is 27.9 Å². The van der Waals surface area contributed by atoms with Gasteiger partial charge in [0.2, 0.25) is 15.0 Å². The van der Waals surface area contributed by atoms with Crippen LogP contribution in [-0.2, 0) is 16.4 Å². The zero-order chi connectivity index (χ0) is 25.8. The summed E-state index contributed by atoms with van der Waals surface area (Å²) in [5.74, 6) is -1.01. The molecule has 0 amide bonds. The molecule has 1 fully saturated rings. The van der Waals surface area contributed by atoms with E-state index >= 15 is 0 Å². The Morgan fingerprint density at radius 1 is 1.34 bits per heavy atom. The molecule has 0 radical (unpaired) electrons. The minimum absolute atomic E-state index is 0.0984. The quantitative estimate of drug-likeness (QED) is 0.456. The molecule has 1 aliphatic heterocycles. The minimum Gasteiger partial charge on any atom is -0.477 e. The Morgan fingerprint density at radius 3 is 2.57 bits per heavy atom. The number of carboxylic acids is 1. The molecule has 4 heterocycles. The molecule has 1 saturated heterocycles. The first-order valence-electron chi connectivity index (χ1n) is 11.2. The molecule has 3 aromatic rings. The molecule has 0 aliphatic carbocycles. The van der Waals surface area contributed by atoms with Crippen LogP contribution in [0.2, 0.25) is 4.34 Å². The Kier molecular flexibility index (Phi) is 9.11. The van der Waals surface area contributed by atoms with Gasteiger partial charge in [0.05, 0.1) is 27.7 Å². The number of imidazole rings is 1. The standard InChI is InChI=1S/C14H12ClN3O5S2.C8H18N2/c1-2-25(21,22)14-16-6-9(13(19)20)18(14)7-8-5-10(23-17-8)11-3-4-12(15)24-11;1-7(2)10-5-3-8(9)4-6-10/h3-6H,2,7H2,1H3,(H,19,20);7-8H,3-6,9H2,1-2H3. The second kappa shape index (κ2) is 11.7. The van der Waals surface area contributed by atoms with Crippen LogP contribution in [0.4, 0.5) is 0 Å². The highest BCUT2D eigenvalue weighted by molar-refractivity contribution is 7.91. The van der Waals surface area contributed by atoms with E-state index in [4.69, 9.17) is 21.9 Å². The zero-order valence-corrected chi connectivity index (χ0v) is 22.2. The minimum atomic E-state index is -3.69. The molecule has 1 aliphatic rings. The third-order valence-electron chi connectivity index (χ3n) is 5.70. The van der Waals surface area contributed by atoms with Gasteiger partial charge in [-0.15, -0.1) is 11.3 Å². The maximum atomic E-state index is 12.1. The molecule has 3 aromatic heterocycles. The van der Waals surface area contributed by atoms with Crippen LogP contribution in [0.5, 0.6) is 0 Å². The lowest BCUT2D eigenvalue weighted by molar-refractivity contribution is 0.0684. The van der Waals surface area contributed by atoms with Crippen molar-refractivity contribution in [3.63, 3.8) is 0 Å². The Hall–Kier alpha value is -2.25. The third-order valence-corrected chi connectivity index (χ3v) is 8.58. The Morgan fingerprint density at radius 2 is 2.03 bits per heavy atom. The molecule has 0 spiro atoms.